The molecule has 0 saturated heterocycles. The molecule has 0 bridgehead atoms. The van der Waals surface area contributed by atoms with Crippen molar-refractivity contribution in [3.8, 4) is 28.4 Å². The van der Waals surface area contributed by atoms with Crippen molar-refractivity contribution in [2.24, 2.45) is 7.05 Å². The van der Waals surface area contributed by atoms with Gasteiger partial charge in [0.25, 0.3) is 0 Å². The molecule has 120 valence electrons. The van der Waals surface area contributed by atoms with Gasteiger partial charge >= 0.3 is 0 Å². The summed E-state index contributed by atoms with van der Waals surface area (Å²) in [7, 11) is 3.46. The number of anilines is 1. The van der Waals surface area contributed by atoms with Gasteiger partial charge in [0.2, 0.25) is 0 Å². The molecule has 3 heterocycles. The predicted molar refractivity (Wildman–Crippen MR) is 93.8 cm³/mol. The number of thiazole rings is 1. The minimum absolute atomic E-state index is 0.542. The van der Waals surface area contributed by atoms with Crippen molar-refractivity contribution in [2.75, 3.05) is 12.8 Å². The molecule has 0 aliphatic heterocycles. The summed E-state index contributed by atoms with van der Waals surface area (Å²) in [4.78, 5) is 13.2. The zero-order chi connectivity index (χ0) is 16.7. The second kappa shape index (κ2) is 5.57. The van der Waals surface area contributed by atoms with Gasteiger partial charge in [-0.05, 0) is 6.07 Å². The van der Waals surface area contributed by atoms with Crippen molar-refractivity contribution in [3.05, 3.63) is 35.5 Å². The Morgan fingerprint density at radius 2 is 2.04 bits per heavy atom. The molecular formula is C16H14N6OS. The average Bonchev–Trinajstić information content (AvgIpc) is 3.23. The van der Waals surface area contributed by atoms with Crippen molar-refractivity contribution in [2.45, 2.75) is 0 Å². The summed E-state index contributed by atoms with van der Waals surface area (Å²) in [6, 6.07) is 3.65. The van der Waals surface area contributed by atoms with Crippen LogP contribution in [0.4, 0.5) is 5.69 Å². The van der Waals surface area contributed by atoms with E-state index in [1.807, 2.05) is 30.8 Å². The third-order valence-corrected chi connectivity index (χ3v) is 4.33. The molecule has 8 heteroatoms. The van der Waals surface area contributed by atoms with Crippen molar-refractivity contribution in [1.29, 1.82) is 0 Å². The first-order chi connectivity index (χ1) is 11.7. The van der Waals surface area contributed by atoms with Crippen LogP contribution in [0.1, 0.15) is 0 Å². The molecule has 4 rings (SSSR count). The Bertz CT molecular complexity index is 1020. The second-order valence-corrected chi connectivity index (χ2v) is 5.99. The normalized spacial score (nSPS) is 11.1. The first-order valence-electron chi connectivity index (χ1n) is 7.18. The number of fused-ring (bicyclic) bond motifs is 1. The largest absolute Gasteiger partial charge is 0.495 e. The number of ether oxygens (including phenoxy) is 1. The minimum atomic E-state index is 0.542. The molecule has 0 radical (unpaired) electrons. The topological polar surface area (TPSA) is 91.7 Å². The molecule has 0 saturated carbocycles. The molecule has 0 unspecified atom stereocenters. The fourth-order valence-corrected chi connectivity index (χ4v) is 3.21. The van der Waals surface area contributed by atoms with Crippen LogP contribution in [0.5, 0.6) is 5.75 Å². The SMILES string of the molecule is COc1cc2ncnc(-c3cn(C)nc3-c3cscn3)c2cc1N. The molecule has 0 aliphatic rings. The fraction of sp³-hybridized carbons (Fsp3) is 0.125. The maximum absolute atomic E-state index is 6.07. The van der Waals surface area contributed by atoms with Crippen LogP contribution < -0.4 is 10.5 Å². The van der Waals surface area contributed by atoms with E-state index in [9.17, 15) is 0 Å². The number of nitrogens with zero attached hydrogens (tertiary/aromatic N) is 5. The van der Waals surface area contributed by atoms with E-state index in [2.05, 4.69) is 20.1 Å². The zero-order valence-electron chi connectivity index (χ0n) is 13.1. The van der Waals surface area contributed by atoms with Gasteiger partial charge in [-0.3, -0.25) is 4.68 Å². The standard InChI is InChI=1S/C16H14N6OS/c1-22-5-10(16(21-22)13-6-24-8-20-13)15-9-3-11(17)14(23-2)4-12(9)18-7-19-15/h3-8H,17H2,1-2H3. The van der Waals surface area contributed by atoms with Gasteiger partial charge in [-0.2, -0.15) is 5.10 Å². The van der Waals surface area contributed by atoms with Gasteiger partial charge in [0.1, 0.15) is 23.5 Å². The second-order valence-electron chi connectivity index (χ2n) is 5.27. The van der Waals surface area contributed by atoms with Crippen LogP contribution >= 0.6 is 11.3 Å². The van der Waals surface area contributed by atoms with E-state index in [1.165, 1.54) is 17.7 Å². The Morgan fingerprint density at radius 3 is 2.79 bits per heavy atom. The lowest BCUT2D eigenvalue weighted by Crippen LogP contribution is -1.96. The first kappa shape index (κ1) is 14.6. The highest BCUT2D eigenvalue weighted by molar-refractivity contribution is 7.07. The number of nitrogen functional groups attached to an aromatic ring is 1. The molecular weight excluding hydrogens is 324 g/mol. The number of nitrogens with two attached hydrogens (primary N) is 1. The summed E-state index contributed by atoms with van der Waals surface area (Å²) in [5, 5.41) is 7.35. The van der Waals surface area contributed by atoms with Crippen LogP contribution in [-0.4, -0.2) is 31.8 Å². The lowest BCUT2D eigenvalue weighted by atomic mass is 10.1. The summed E-state index contributed by atoms with van der Waals surface area (Å²) in [5.41, 5.74) is 12.4. The fourth-order valence-electron chi connectivity index (χ4n) is 2.67. The highest BCUT2D eigenvalue weighted by Crippen LogP contribution is 2.36. The van der Waals surface area contributed by atoms with Gasteiger partial charge in [-0.15, -0.1) is 11.3 Å². The predicted octanol–water partition coefficient (Wildman–Crippen LogP) is 2.74. The summed E-state index contributed by atoms with van der Waals surface area (Å²) in [6.07, 6.45) is 3.46. The van der Waals surface area contributed by atoms with Crippen molar-refractivity contribution in [3.63, 3.8) is 0 Å². The Hall–Kier alpha value is -3.00. The molecule has 0 amide bonds. The van der Waals surface area contributed by atoms with Gasteiger partial charge in [-0.25, -0.2) is 15.0 Å². The van der Waals surface area contributed by atoms with Crippen molar-refractivity contribution < 1.29 is 4.74 Å². The Balaban J connectivity index is 2.00. The number of methoxy groups -OCH3 is 1. The lowest BCUT2D eigenvalue weighted by molar-refractivity contribution is 0.417. The van der Waals surface area contributed by atoms with Crippen LogP contribution in [-0.2, 0) is 7.05 Å². The quantitative estimate of drug-likeness (QED) is 0.578. The maximum Gasteiger partial charge on any atom is 0.143 e. The zero-order valence-corrected chi connectivity index (χ0v) is 13.9. The van der Waals surface area contributed by atoms with Crippen LogP contribution in [0.2, 0.25) is 0 Å². The number of hydrogen-bond donors (Lipinski definition) is 1. The van der Waals surface area contributed by atoms with Gasteiger partial charge in [-0.1, -0.05) is 0 Å². The van der Waals surface area contributed by atoms with E-state index in [1.54, 1.807) is 17.3 Å². The average molecular weight is 338 g/mol. The first-order valence-corrected chi connectivity index (χ1v) is 8.12. The molecule has 2 N–H and O–H groups in total. The van der Waals surface area contributed by atoms with E-state index in [0.717, 1.165) is 33.5 Å². The molecule has 0 aliphatic carbocycles. The van der Waals surface area contributed by atoms with Crippen molar-refractivity contribution >= 4 is 27.9 Å². The molecule has 0 atom stereocenters. The van der Waals surface area contributed by atoms with Crippen molar-refractivity contribution in [1.82, 2.24) is 24.7 Å². The van der Waals surface area contributed by atoms with E-state index in [-0.39, 0.29) is 0 Å². The van der Waals surface area contributed by atoms with Crippen LogP contribution in [0.3, 0.4) is 0 Å². The van der Waals surface area contributed by atoms with Gasteiger partial charge in [0.05, 0.1) is 29.5 Å². The van der Waals surface area contributed by atoms with E-state index in [0.29, 0.717) is 11.4 Å². The number of aromatic nitrogens is 5. The monoisotopic (exact) mass is 338 g/mol. The number of rotatable bonds is 3. The van der Waals surface area contributed by atoms with Crippen LogP contribution in [0.25, 0.3) is 33.5 Å². The molecule has 3 aromatic heterocycles. The number of benzene rings is 1. The summed E-state index contributed by atoms with van der Waals surface area (Å²) in [5.74, 6) is 0.595. The smallest absolute Gasteiger partial charge is 0.143 e. The van der Waals surface area contributed by atoms with E-state index < -0.39 is 0 Å². The van der Waals surface area contributed by atoms with E-state index in [4.69, 9.17) is 10.5 Å². The Labute approximate surface area is 141 Å². The molecule has 0 fully saturated rings. The molecule has 0 spiro atoms. The third kappa shape index (κ3) is 2.28. The highest BCUT2D eigenvalue weighted by Gasteiger charge is 2.18. The van der Waals surface area contributed by atoms with Gasteiger partial charge in [0, 0.05) is 35.6 Å². The van der Waals surface area contributed by atoms with Gasteiger partial charge < -0.3 is 10.5 Å². The Kier molecular flexibility index (Phi) is 3.39. The molecule has 7 nitrogen and oxygen atoms in total. The molecule has 24 heavy (non-hydrogen) atoms. The third-order valence-electron chi connectivity index (χ3n) is 3.75. The van der Waals surface area contributed by atoms with Crippen LogP contribution in [0.15, 0.2) is 35.5 Å². The highest BCUT2D eigenvalue weighted by atomic mass is 32.1. The maximum atomic E-state index is 6.07. The van der Waals surface area contributed by atoms with E-state index >= 15 is 0 Å². The molecule has 1 aromatic carbocycles. The molecule has 4 aromatic rings. The lowest BCUT2D eigenvalue weighted by Gasteiger charge is -2.09. The number of hydrogen-bond acceptors (Lipinski definition) is 7. The van der Waals surface area contributed by atoms with Gasteiger partial charge in [0.15, 0.2) is 0 Å². The van der Waals surface area contributed by atoms with Crippen LogP contribution in [0, 0.1) is 0 Å². The number of aryl methyl sites for hydroxylation is 1. The minimum Gasteiger partial charge on any atom is -0.495 e. The summed E-state index contributed by atoms with van der Waals surface area (Å²) < 4.78 is 7.03. The Morgan fingerprint density at radius 1 is 1.17 bits per heavy atom. The summed E-state index contributed by atoms with van der Waals surface area (Å²) >= 11 is 1.53. The summed E-state index contributed by atoms with van der Waals surface area (Å²) in [6.45, 7) is 0.